The van der Waals surface area contributed by atoms with Crippen LogP contribution >= 0.6 is 12.4 Å². The van der Waals surface area contributed by atoms with Crippen molar-refractivity contribution in [2.24, 2.45) is 0 Å². The summed E-state index contributed by atoms with van der Waals surface area (Å²) in [5, 5.41) is 6.14. The first-order valence-corrected chi connectivity index (χ1v) is 7.88. The zero-order valence-electron chi connectivity index (χ0n) is 13.7. The van der Waals surface area contributed by atoms with Gasteiger partial charge in [0.25, 0.3) is 5.91 Å². The predicted molar refractivity (Wildman–Crippen MR) is 94.5 cm³/mol. The summed E-state index contributed by atoms with van der Waals surface area (Å²) < 4.78 is 40.3. The lowest BCUT2D eigenvalue weighted by Gasteiger charge is -2.12. The highest BCUT2D eigenvalue weighted by Crippen LogP contribution is 2.26. The molecule has 1 aliphatic rings. The number of halogens is 4. The van der Waals surface area contributed by atoms with E-state index in [4.69, 9.17) is 0 Å². The Morgan fingerprint density at radius 2 is 1.62 bits per heavy atom. The maximum absolute atomic E-state index is 12.2. The summed E-state index contributed by atoms with van der Waals surface area (Å²) in [6.45, 7) is 1.67. The van der Waals surface area contributed by atoms with Gasteiger partial charge in [0.1, 0.15) is 5.75 Å². The largest absolute Gasteiger partial charge is 0.573 e. The van der Waals surface area contributed by atoms with E-state index in [1.807, 2.05) is 0 Å². The zero-order chi connectivity index (χ0) is 17.9. The Labute approximate surface area is 155 Å². The second kappa shape index (κ2) is 8.42. The molecule has 0 aromatic heterocycles. The number of benzene rings is 2. The molecule has 3 rings (SSSR count). The van der Waals surface area contributed by atoms with Gasteiger partial charge in [0.15, 0.2) is 0 Å². The number of amides is 1. The van der Waals surface area contributed by atoms with Gasteiger partial charge in [-0.2, -0.15) is 0 Å². The Balaban J connectivity index is 0.00000243. The van der Waals surface area contributed by atoms with Crippen molar-refractivity contribution in [3.63, 3.8) is 0 Å². The lowest BCUT2D eigenvalue weighted by Crippen LogP contribution is -2.36. The van der Waals surface area contributed by atoms with Gasteiger partial charge in [-0.3, -0.25) is 4.79 Å². The summed E-state index contributed by atoms with van der Waals surface area (Å²) in [6.07, 6.45) is -3.79. The van der Waals surface area contributed by atoms with Crippen LogP contribution in [0.1, 0.15) is 16.8 Å². The fourth-order valence-corrected chi connectivity index (χ4v) is 2.71. The summed E-state index contributed by atoms with van der Waals surface area (Å²) >= 11 is 0. The fraction of sp³-hybridized carbons (Fsp3) is 0.278. The lowest BCUT2D eigenvalue weighted by molar-refractivity contribution is -0.274. The minimum atomic E-state index is -4.70. The smallest absolute Gasteiger partial charge is 0.406 e. The van der Waals surface area contributed by atoms with Gasteiger partial charge in [-0.1, -0.05) is 24.3 Å². The zero-order valence-corrected chi connectivity index (χ0v) is 14.5. The third-order valence-corrected chi connectivity index (χ3v) is 3.96. The topological polar surface area (TPSA) is 50.4 Å². The van der Waals surface area contributed by atoms with Gasteiger partial charge in [-0.25, -0.2) is 0 Å². The molecule has 1 atom stereocenters. The molecule has 26 heavy (non-hydrogen) atoms. The van der Waals surface area contributed by atoms with Crippen molar-refractivity contribution >= 4 is 18.3 Å². The van der Waals surface area contributed by atoms with Gasteiger partial charge in [-0.15, -0.1) is 25.6 Å². The van der Waals surface area contributed by atoms with E-state index in [0.717, 1.165) is 30.6 Å². The van der Waals surface area contributed by atoms with Crippen molar-refractivity contribution in [3.05, 3.63) is 54.1 Å². The number of ether oxygens (including phenoxy) is 1. The molecule has 0 radical (unpaired) electrons. The second-order valence-electron chi connectivity index (χ2n) is 5.81. The van der Waals surface area contributed by atoms with Crippen LogP contribution in [0.4, 0.5) is 13.2 Å². The van der Waals surface area contributed by atoms with Crippen LogP contribution in [0.15, 0.2) is 48.5 Å². The highest BCUT2D eigenvalue weighted by atomic mass is 35.5. The summed E-state index contributed by atoms with van der Waals surface area (Å²) in [4.78, 5) is 12.2. The number of alkyl halides is 3. The number of carbonyl (C=O) groups excluding carboxylic acids is 1. The first-order valence-electron chi connectivity index (χ1n) is 7.88. The second-order valence-corrected chi connectivity index (χ2v) is 5.81. The van der Waals surface area contributed by atoms with Crippen molar-refractivity contribution in [1.29, 1.82) is 0 Å². The number of hydrogen-bond acceptors (Lipinski definition) is 3. The van der Waals surface area contributed by atoms with Crippen LogP contribution in [0.25, 0.3) is 11.1 Å². The van der Waals surface area contributed by atoms with Gasteiger partial charge in [0, 0.05) is 18.2 Å². The van der Waals surface area contributed by atoms with E-state index in [0.29, 0.717) is 5.56 Å². The van der Waals surface area contributed by atoms with Crippen molar-refractivity contribution < 1.29 is 22.7 Å². The Morgan fingerprint density at radius 1 is 1.04 bits per heavy atom. The summed E-state index contributed by atoms with van der Waals surface area (Å²) in [5.41, 5.74) is 2.09. The summed E-state index contributed by atoms with van der Waals surface area (Å²) in [5.74, 6) is -0.397. The Bertz CT molecular complexity index is 728. The molecule has 140 valence electrons. The molecule has 0 saturated carbocycles. The minimum absolute atomic E-state index is 0. The number of rotatable bonds is 4. The van der Waals surface area contributed by atoms with Gasteiger partial charge < -0.3 is 15.4 Å². The molecule has 4 nitrogen and oxygen atoms in total. The SMILES string of the molecule is Cl.O=C(NC1CCNC1)c1ccc(-c2ccc(OC(F)(F)F)cc2)cc1. The quantitative estimate of drug-likeness (QED) is 0.841. The molecule has 2 aromatic rings. The minimum Gasteiger partial charge on any atom is -0.406 e. The molecule has 0 aliphatic carbocycles. The van der Waals surface area contributed by atoms with E-state index in [9.17, 15) is 18.0 Å². The molecule has 8 heteroatoms. The molecule has 1 amide bonds. The molecule has 1 heterocycles. The van der Waals surface area contributed by atoms with Crippen LogP contribution in [-0.2, 0) is 0 Å². The van der Waals surface area contributed by atoms with Crippen LogP contribution in [0.3, 0.4) is 0 Å². The third-order valence-electron chi connectivity index (χ3n) is 3.96. The molecule has 2 aromatic carbocycles. The lowest BCUT2D eigenvalue weighted by atomic mass is 10.0. The average molecular weight is 387 g/mol. The fourth-order valence-electron chi connectivity index (χ4n) is 2.71. The first kappa shape index (κ1) is 20.1. The van der Waals surface area contributed by atoms with Crippen LogP contribution in [0, 0.1) is 0 Å². The van der Waals surface area contributed by atoms with Crippen LogP contribution in [-0.4, -0.2) is 31.4 Å². The van der Waals surface area contributed by atoms with E-state index in [1.165, 1.54) is 12.1 Å². The maximum Gasteiger partial charge on any atom is 0.573 e. The van der Waals surface area contributed by atoms with Gasteiger partial charge in [0.05, 0.1) is 0 Å². The average Bonchev–Trinajstić information content (AvgIpc) is 3.07. The molecule has 1 unspecified atom stereocenters. The van der Waals surface area contributed by atoms with E-state index in [1.54, 1.807) is 36.4 Å². The molecule has 0 spiro atoms. The molecule has 2 N–H and O–H groups in total. The Hall–Kier alpha value is -2.25. The number of hydrogen-bond donors (Lipinski definition) is 2. The molecule has 1 aliphatic heterocycles. The van der Waals surface area contributed by atoms with Gasteiger partial charge in [-0.05, 0) is 48.4 Å². The maximum atomic E-state index is 12.2. The standard InChI is InChI=1S/C18H17F3N2O2.ClH/c19-18(20,21)25-16-7-5-13(6-8-16)12-1-3-14(4-2-12)17(24)23-15-9-10-22-11-15;/h1-8,15,22H,9-11H2,(H,23,24);1H. The third kappa shape index (κ3) is 5.37. The monoisotopic (exact) mass is 386 g/mol. The molecular weight excluding hydrogens is 369 g/mol. The summed E-state index contributed by atoms with van der Waals surface area (Å²) in [7, 11) is 0. The molecule has 0 bridgehead atoms. The number of nitrogens with one attached hydrogen (secondary N) is 2. The van der Waals surface area contributed by atoms with Gasteiger partial charge >= 0.3 is 6.36 Å². The summed E-state index contributed by atoms with van der Waals surface area (Å²) in [6, 6.07) is 12.7. The Kier molecular flexibility index (Phi) is 6.50. The normalized spacial score (nSPS) is 16.7. The van der Waals surface area contributed by atoms with E-state index in [2.05, 4.69) is 15.4 Å². The van der Waals surface area contributed by atoms with E-state index in [-0.39, 0.29) is 30.1 Å². The van der Waals surface area contributed by atoms with Crippen molar-refractivity contribution in [2.45, 2.75) is 18.8 Å². The molecular formula is C18H18ClF3N2O2. The van der Waals surface area contributed by atoms with Crippen molar-refractivity contribution in [2.75, 3.05) is 13.1 Å². The predicted octanol–water partition coefficient (Wildman–Crippen LogP) is 3.77. The van der Waals surface area contributed by atoms with E-state index >= 15 is 0 Å². The highest BCUT2D eigenvalue weighted by Gasteiger charge is 2.30. The number of carbonyl (C=O) groups is 1. The van der Waals surface area contributed by atoms with Crippen LogP contribution in [0.2, 0.25) is 0 Å². The van der Waals surface area contributed by atoms with Crippen molar-refractivity contribution in [3.8, 4) is 16.9 Å². The van der Waals surface area contributed by atoms with Crippen molar-refractivity contribution in [1.82, 2.24) is 10.6 Å². The van der Waals surface area contributed by atoms with E-state index < -0.39 is 6.36 Å². The first-order chi connectivity index (χ1) is 11.9. The van der Waals surface area contributed by atoms with Crippen LogP contribution < -0.4 is 15.4 Å². The van der Waals surface area contributed by atoms with Gasteiger partial charge in [0.2, 0.25) is 0 Å². The Morgan fingerprint density at radius 3 is 2.12 bits per heavy atom. The van der Waals surface area contributed by atoms with Crippen LogP contribution in [0.5, 0.6) is 5.75 Å². The molecule has 1 saturated heterocycles. The molecule has 1 fully saturated rings. The highest BCUT2D eigenvalue weighted by molar-refractivity contribution is 5.94.